The van der Waals surface area contributed by atoms with Gasteiger partial charge in [-0.3, -0.25) is 4.98 Å². The van der Waals surface area contributed by atoms with Crippen molar-refractivity contribution in [1.29, 1.82) is 0 Å². The molecule has 2 N–H and O–H groups in total. The van der Waals surface area contributed by atoms with Crippen LogP contribution in [-0.2, 0) is 10.0 Å². The van der Waals surface area contributed by atoms with E-state index in [2.05, 4.69) is 25.6 Å². The van der Waals surface area contributed by atoms with Crippen LogP contribution in [0.1, 0.15) is 13.3 Å². The molecule has 0 fully saturated rings. The number of sulfonamides is 1. The Bertz CT molecular complexity index is 450. The second-order valence-corrected chi connectivity index (χ2v) is 6.00. The van der Waals surface area contributed by atoms with E-state index in [1.54, 1.807) is 6.92 Å². The van der Waals surface area contributed by atoms with Crippen LogP contribution in [0.25, 0.3) is 0 Å². The number of hydrogen-bond donors (Lipinski definition) is 2. The summed E-state index contributed by atoms with van der Waals surface area (Å²) < 4.78 is 26.7. The molecule has 1 aromatic rings. The first kappa shape index (κ1) is 13.6. The molecule has 5 nitrogen and oxygen atoms in total. The van der Waals surface area contributed by atoms with Gasteiger partial charge in [0.15, 0.2) is 0 Å². The van der Waals surface area contributed by atoms with Gasteiger partial charge in [-0.25, -0.2) is 13.1 Å². The van der Waals surface area contributed by atoms with Crippen molar-refractivity contribution in [2.24, 2.45) is 0 Å². The van der Waals surface area contributed by atoms with E-state index in [0.29, 0.717) is 10.9 Å². The minimum atomic E-state index is -3.56. The van der Waals surface area contributed by atoms with E-state index in [9.17, 15) is 8.42 Å². The smallest absolute Gasteiger partial charge is 0.242 e. The van der Waals surface area contributed by atoms with Gasteiger partial charge >= 0.3 is 0 Å². The van der Waals surface area contributed by atoms with Crippen LogP contribution >= 0.6 is 15.9 Å². The highest BCUT2D eigenvalue weighted by Gasteiger charge is 2.17. The maximum atomic E-state index is 11.8. The second kappa shape index (κ2) is 5.72. The first-order valence-corrected chi connectivity index (χ1v) is 6.97. The van der Waals surface area contributed by atoms with Gasteiger partial charge in [0.1, 0.15) is 4.90 Å². The fourth-order valence-corrected chi connectivity index (χ4v) is 2.91. The molecule has 0 saturated carbocycles. The molecule has 0 aliphatic carbocycles. The molecule has 0 aliphatic rings. The summed E-state index contributed by atoms with van der Waals surface area (Å²) in [6, 6.07) is 1.16. The van der Waals surface area contributed by atoms with Gasteiger partial charge in [0, 0.05) is 29.5 Å². The summed E-state index contributed by atoms with van der Waals surface area (Å²) >= 11 is 3.16. The Morgan fingerprint density at radius 1 is 1.56 bits per heavy atom. The first-order valence-electron chi connectivity index (χ1n) is 4.69. The molecule has 7 heteroatoms. The maximum Gasteiger partial charge on any atom is 0.242 e. The summed E-state index contributed by atoms with van der Waals surface area (Å²) in [6.45, 7) is 1.64. The third-order valence-electron chi connectivity index (χ3n) is 1.91. The molecule has 1 unspecified atom stereocenters. The molecule has 0 aliphatic heterocycles. The van der Waals surface area contributed by atoms with Crippen molar-refractivity contribution in [1.82, 2.24) is 9.71 Å². The van der Waals surface area contributed by atoms with Gasteiger partial charge in [-0.1, -0.05) is 0 Å². The van der Waals surface area contributed by atoms with E-state index in [1.807, 2.05) is 0 Å². The largest absolute Gasteiger partial charge is 0.396 e. The average Bonchev–Trinajstić information content (AvgIpc) is 2.17. The number of pyridine rings is 1. The lowest BCUT2D eigenvalue weighted by molar-refractivity contribution is 0.275. The third-order valence-corrected chi connectivity index (χ3v) is 3.90. The van der Waals surface area contributed by atoms with Crippen molar-refractivity contribution in [2.45, 2.75) is 24.3 Å². The van der Waals surface area contributed by atoms with Crippen LogP contribution in [0.15, 0.2) is 27.8 Å². The van der Waals surface area contributed by atoms with Gasteiger partial charge in [-0.2, -0.15) is 0 Å². The molecular weight excluding hydrogens is 296 g/mol. The van der Waals surface area contributed by atoms with Crippen LogP contribution in [0.2, 0.25) is 0 Å². The average molecular weight is 309 g/mol. The number of nitrogens with one attached hydrogen (secondary N) is 1. The van der Waals surface area contributed by atoms with Crippen molar-refractivity contribution in [3.8, 4) is 0 Å². The molecule has 0 saturated heterocycles. The monoisotopic (exact) mass is 308 g/mol. The number of rotatable bonds is 5. The van der Waals surface area contributed by atoms with Crippen LogP contribution in [0.5, 0.6) is 0 Å². The quantitative estimate of drug-likeness (QED) is 0.847. The van der Waals surface area contributed by atoms with Crippen LogP contribution in [0.4, 0.5) is 0 Å². The van der Waals surface area contributed by atoms with Gasteiger partial charge in [0.2, 0.25) is 10.0 Å². The highest BCUT2D eigenvalue weighted by atomic mass is 79.9. The zero-order valence-corrected chi connectivity index (χ0v) is 11.1. The van der Waals surface area contributed by atoms with Crippen molar-refractivity contribution in [2.75, 3.05) is 6.61 Å². The number of aliphatic hydroxyl groups excluding tert-OH is 1. The van der Waals surface area contributed by atoms with Crippen LogP contribution < -0.4 is 4.72 Å². The van der Waals surface area contributed by atoms with Crippen LogP contribution in [0.3, 0.4) is 0 Å². The molecule has 0 radical (unpaired) electrons. The molecular formula is C9H13BrN2O3S. The lowest BCUT2D eigenvalue weighted by Gasteiger charge is -2.12. The Balaban J connectivity index is 2.86. The highest BCUT2D eigenvalue weighted by Crippen LogP contribution is 2.14. The first-order chi connectivity index (χ1) is 7.45. The number of aromatic nitrogens is 1. The lowest BCUT2D eigenvalue weighted by Crippen LogP contribution is -2.33. The number of halogens is 1. The Labute approximate surface area is 103 Å². The van der Waals surface area contributed by atoms with Crippen molar-refractivity contribution >= 4 is 26.0 Å². The molecule has 0 bridgehead atoms. The minimum absolute atomic E-state index is 0.0551. The van der Waals surface area contributed by atoms with Crippen molar-refractivity contribution < 1.29 is 13.5 Å². The predicted molar refractivity (Wildman–Crippen MR) is 63.4 cm³/mol. The number of hydrogen-bond acceptors (Lipinski definition) is 4. The number of nitrogens with zero attached hydrogens (tertiary/aromatic N) is 1. The third kappa shape index (κ3) is 3.82. The number of aliphatic hydroxyl groups is 1. The topological polar surface area (TPSA) is 79.3 Å². The predicted octanol–water partition coefficient (Wildman–Crippen LogP) is 0.893. The molecule has 16 heavy (non-hydrogen) atoms. The summed E-state index contributed by atoms with van der Waals surface area (Å²) in [5.41, 5.74) is 0. The maximum absolute atomic E-state index is 11.8. The highest BCUT2D eigenvalue weighted by molar-refractivity contribution is 9.10. The van der Waals surface area contributed by atoms with E-state index in [4.69, 9.17) is 5.11 Å². The Morgan fingerprint density at radius 2 is 2.25 bits per heavy atom. The molecule has 0 amide bonds. The van der Waals surface area contributed by atoms with Gasteiger partial charge in [-0.05, 0) is 35.3 Å². The molecule has 1 heterocycles. The summed E-state index contributed by atoms with van der Waals surface area (Å²) in [5, 5.41) is 8.69. The van der Waals surface area contributed by atoms with Crippen molar-refractivity contribution in [3.63, 3.8) is 0 Å². The molecule has 1 aromatic heterocycles. The Kier molecular flexibility index (Phi) is 4.85. The standard InChI is InChI=1S/C9H13BrN2O3S/c1-7(2-3-13)12-16(14,15)9-4-8(10)5-11-6-9/h4-7,12-13H,2-3H2,1H3. The Hall–Kier alpha value is -0.500. The van der Waals surface area contributed by atoms with E-state index in [-0.39, 0.29) is 17.5 Å². The fourth-order valence-electron chi connectivity index (χ4n) is 1.12. The molecule has 1 atom stereocenters. The molecule has 1 rings (SSSR count). The summed E-state index contributed by atoms with van der Waals surface area (Å²) in [4.78, 5) is 3.89. The molecule has 90 valence electrons. The van der Waals surface area contributed by atoms with E-state index >= 15 is 0 Å². The molecule has 0 aromatic carbocycles. The van der Waals surface area contributed by atoms with Gasteiger partial charge in [0.25, 0.3) is 0 Å². The summed E-state index contributed by atoms with van der Waals surface area (Å²) in [5.74, 6) is 0. The zero-order valence-electron chi connectivity index (χ0n) is 8.72. The van der Waals surface area contributed by atoms with Gasteiger partial charge in [0.05, 0.1) is 0 Å². The van der Waals surface area contributed by atoms with E-state index in [1.165, 1.54) is 18.5 Å². The van der Waals surface area contributed by atoms with E-state index < -0.39 is 10.0 Å². The Morgan fingerprint density at radius 3 is 2.81 bits per heavy atom. The SMILES string of the molecule is CC(CCO)NS(=O)(=O)c1cncc(Br)c1. The van der Waals surface area contributed by atoms with Crippen molar-refractivity contribution in [3.05, 3.63) is 22.9 Å². The summed E-state index contributed by atoms with van der Waals surface area (Å²) in [6.07, 6.45) is 3.16. The van der Waals surface area contributed by atoms with Crippen LogP contribution in [-0.4, -0.2) is 31.2 Å². The minimum Gasteiger partial charge on any atom is -0.396 e. The lowest BCUT2D eigenvalue weighted by atomic mass is 10.3. The van der Waals surface area contributed by atoms with E-state index in [0.717, 1.165) is 0 Å². The van der Waals surface area contributed by atoms with Gasteiger partial charge in [-0.15, -0.1) is 0 Å². The zero-order chi connectivity index (χ0) is 12.2. The van der Waals surface area contributed by atoms with Crippen LogP contribution in [0, 0.1) is 0 Å². The fraction of sp³-hybridized carbons (Fsp3) is 0.444. The summed E-state index contributed by atoms with van der Waals surface area (Å²) in [7, 11) is -3.56. The normalized spacial score (nSPS) is 13.7. The molecule has 0 spiro atoms. The van der Waals surface area contributed by atoms with Gasteiger partial charge < -0.3 is 5.11 Å². The second-order valence-electron chi connectivity index (χ2n) is 3.37.